The number of hydrogen-bond acceptors (Lipinski definition) is 7. The minimum atomic E-state index is -0.456. The summed E-state index contributed by atoms with van der Waals surface area (Å²) in [6.45, 7) is 1.73. The predicted octanol–water partition coefficient (Wildman–Crippen LogP) is 1.02. The van der Waals surface area contributed by atoms with Crippen LogP contribution in [-0.4, -0.2) is 47.7 Å². The Morgan fingerprint density at radius 3 is 2.68 bits per heavy atom. The van der Waals surface area contributed by atoms with Crippen LogP contribution in [0.15, 0.2) is 24.3 Å². The first-order valence-corrected chi connectivity index (χ1v) is 7.37. The van der Waals surface area contributed by atoms with Gasteiger partial charge in [0.2, 0.25) is 0 Å². The number of aromatic nitrogens is 7. The summed E-state index contributed by atoms with van der Waals surface area (Å²) in [7, 11) is 1.30. The van der Waals surface area contributed by atoms with Gasteiger partial charge in [-0.15, -0.1) is 15.3 Å². The highest BCUT2D eigenvalue weighted by Gasteiger charge is 2.21. The first kappa shape index (κ1) is 15.1. The summed E-state index contributed by atoms with van der Waals surface area (Å²) in [6.07, 6.45) is -0.0743. The molecule has 9 nitrogen and oxygen atoms in total. The SMILES string of the molecule is COC(=O)Cc1nn(-c2ccc(F)cc2)c2c1nnc1nc(C)nn12. The summed E-state index contributed by atoms with van der Waals surface area (Å²) >= 11 is 0. The molecule has 0 N–H and O–H groups in total. The van der Waals surface area contributed by atoms with Crippen LogP contribution in [0.1, 0.15) is 11.5 Å². The Morgan fingerprint density at radius 2 is 1.96 bits per heavy atom. The van der Waals surface area contributed by atoms with Crippen molar-refractivity contribution in [2.75, 3.05) is 7.11 Å². The molecule has 25 heavy (non-hydrogen) atoms. The topological polar surface area (TPSA) is 100 Å². The Balaban J connectivity index is 2.03. The minimum Gasteiger partial charge on any atom is -0.469 e. The lowest BCUT2D eigenvalue weighted by molar-refractivity contribution is -0.139. The Kier molecular flexibility index (Phi) is 3.38. The monoisotopic (exact) mass is 341 g/mol. The van der Waals surface area contributed by atoms with E-state index < -0.39 is 5.97 Å². The van der Waals surface area contributed by atoms with Gasteiger partial charge in [-0.25, -0.2) is 9.07 Å². The molecular weight excluding hydrogens is 329 g/mol. The average Bonchev–Trinajstić information content (AvgIpc) is 3.15. The smallest absolute Gasteiger partial charge is 0.311 e. The molecular formula is C15H12FN7O2. The van der Waals surface area contributed by atoms with E-state index in [9.17, 15) is 9.18 Å². The molecule has 0 aliphatic carbocycles. The Bertz CT molecular complexity index is 1100. The van der Waals surface area contributed by atoms with Gasteiger partial charge in [0.15, 0.2) is 11.2 Å². The molecule has 1 aromatic carbocycles. The molecule has 126 valence electrons. The normalized spacial score (nSPS) is 11.3. The number of benzene rings is 1. The number of rotatable bonds is 3. The van der Waals surface area contributed by atoms with E-state index in [-0.39, 0.29) is 12.2 Å². The Morgan fingerprint density at radius 1 is 1.20 bits per heavy atom. The van der Waals surface area contributed by atoms with Gasteiger partial charge in [-0.1, -0.05) is 0 Å². The zero-order chi connectivity index (χ0) is 17.6. The van der Waals surface area contributed by atoms with Crippen LogP contribution in [0.5, 0.6) is 0 Å². The van der Waals surface area contributed by atoms with E-state index in [1.165, 1.54) is 28.4 Å². The molecule has 0 amide bonds. The van der Waals surface area contributed by atoms with Crippen LogP contribution in [0.2, 0.25) is 0 Å². The molecule has 0 atom stereocenters. The maximum atomic E-state index is 13.3. The number of carbonyl (C=O) groups is 1. The molecule has 0 saturated carbocycles. The number of methoxy groups -OCH3 is 1. The highest BCUT2D eigenvalue weighted by Crippen LogP contribution is 2.21. The Labute approximate surface area is 140 Å². The van der Waals surface area contributed by atoms with Crippen LogP contribution in [0, 0.1) is 12.7 Å². The Hall–Kier alpha value is -3.43. The van der Waals surface area contributed by atoms with Crippen LogP contribution in [0.25, 0.3) is 22.6 Å². The molecule has 0 unspecified atom stereocenters. The first-order valence-electron chi connectivity index (χ1n) is 7.37. The van der Waals surface area contributed by atoms with E-state index in [1.54, 1.807) is 19.1 Å². The van der Waals surface area contributed by atoms with Crippen molar-refractivity contribution in [3.05, 3.63) is 41.6 Å². The molecule has 0 bridgehead atoms. The van der Waals surface area contributed by atoms with Gasteiger partial charge in [-0.2, -0.15) is 14.6 Å². The van der Waals surface area contributed by atoms with E-state index in [4.69, 9.17) is 4.74 Å². The van der Waals surface area contributed by atoms with Gasteiger partial charge < -0.3 is 4.74 Å². The predicted molar refractivity (Wildman–Crippen MR) is 83.6 cm³/mol. The number of nitrogens with zero attached hydrogens (tertiary/aromatic N) is 7. The van der Waals surface area contributed by atoms with Crippen molar-refractivity contribution in [1.82, 2.24) is 34.6 Å². The number of aryl methyl sites for hydroxylation is 1. The second-order valence-electron chi connectivity index (χ2n) is 5.33. The summed E-state index contributed by atoms with van der Waals surface area (Å²) in [4.78, 5) is 15.9. The molecule has 4 aromatic rings. The van der Waals surface area contributed by atoms with E-state index in [1.807, 2.05) is 0 Å². The van der Waals surface area contributed by atoms with Crippen molar-refractivity contribution in [3.63, 3.8) is 0 Å². The van der Waals surface area contributed by atoms with Crippen molar-refractivity contribution in [2.24, 2.45) is 0 Å². The maximum absolute atomic E-state index is 13.3. The van der Waals surface area contributed by atoms with Crippen LogP contribution >= 0.6 is 0 Å². The van der Waals surface area contributed by atoms with Gasteiger partial charge >= 0.3 is 5.97 Å². The minimum absolute atomic E-state index is 0.0743. The first-order chi connectivity index (χ1) is 12.1. The molecule has 3 heterocycles. The fourth-order valence-electron chi connectivity index (χ4n) is 2.53. The van der Waals surface area contributed by atoms with Gasteiger partial charge in [-0.05, 0) is 31.2 Å². The number of carbonyl (C=O) groups excluding carboxylic acids is 1. The zero-order valence-electron chi connectivity index (χ0n) is 13.3. The van der Waals surface area contributed by atoms with Crippen molar-refractivity contribution < 1.29 is 13.9 Å². The average molecular weight is 341 g/mol. The number of ether oxygens (including phenoxy) is 1. The lowest BCUT2D eigenvalue weighted by atomic mass is 10.3. The standard InChI is InChI=1S/C15H12FN7O2/c1-8-17-15-19-18-13-11(7-12(24)25-2)21-22(14(13)23(15)20-8)10-5-3-9(16)4-6-10/h3-6H,7H2,1-2H3. The highest BCUT2D eigenvalue weighted by atomic mass is 19.1. The van der Waals surface area contributed by atoms with Crippen molar-refractivity contribution in [1.29, 1.82) is 0 Å². The molecule has 0 radical (unpaired) electrons. The van der Waals surface area contributed by atoms with E-state index in [0.29, 0.717) is 34.1 Å². The van der Waals surface area contributed by atoms with Crippen molar-refractivity contribution in [2.45, 2.75) is 13.3 Å². The number of halogens is 1. The van der Waals surface area contributed by atoms with Crippen molar-refractivity contribution in [3.8, 4) is 5.69 Å². The van der Waals surface area contributed by atoms with E-state index >= 15 is 0 Å². The summed E-state index contributed by atoms with van der Waals surface area (Å²) < 4.78 is 21.0. The summed E-state index contributed by atoms with van der Waals surface area (Å²) in [5, 5.41) is 16.9. The van der Waals surface area contributed by atoms with Crippen LogP contribution in [0.3, 0.4) is 0 Å². The molecule has 0 aliphatic rings. The molecule has 10 heteroatoms. The van der Waals surface area contributed by atoms with Gasteiger partial charge in [0.25, 0.3) is 5.78 Å². The summed E-state index contributed by atoms with van der Waals surface area (Å²) in [6, 6.07) is 5.78. The quantitative estimate of drug-likeness (QED) is 0.513. The van der Waals surface area contributed by atoms with Crippen LogP contribution < -0.4 is 0 Å². The third-order valence-corrected chi connectivity index (χ3v) is 3.65. The maximum Gasteiger partial charge on any atom is 0.311 e. The van der Waals surface area contributed by atoms with Crippen LogP contribution in [0.4, 0.5) is 4.39 Å². The summed E-state index contributed by atoms with van der Waals surface area (Å²) in [5.74, 6) is -0.0000810. The largest absolute Gasteiger partial charge is 0.469 e. The highest BCUT2D eigenvalue weighted by molar-refractivity contribution is 5.82. The lowest BCUT2D eigenvalue weighted by Gasteiger charge is -2.03. The van der Waals surface area contributed by atoms with Crippen molar-refractivity contribution >= 4 is 22.9 Å². The molecule has 3 aromatic heterocycles. The molecule has 0 aliphatic heterocycles. The van der Waals surface area contributed by atoms with Gasteiger partial charge in [0.05, 0.1) is 19.2 Å². The molecule has 0 fully saturated rings. The van der Waals surface area contributed by atoms with E-state index in [0.717, 1.165) is 0 Å². The third kappa shape index (κ3) is 2.47. The second kappa shape index (κ2) is 5.58. The number of esters is 1. The van der Waals surface area contributed by atoms with E-state index in [2.05, 4.69) is 25.4 Å². The van der Waals surface area contributed by atoms with Crippen LogP contribution in [-0.2, 0) is 16.0 Å². The van der Waals surface area contributed by atoms with Gasteiger partial charge in [0, 0.05) is 0 Å². The molecule has 4 rings (SSSR count). The molecule has 0 spiro atoms. The number of hydrogen-bond donors (Lipinski definition) is 0. The van der Waals surface area contributed by atoms with Gasteiger partial charge in [-0.3, -0.25) is 4.79 Å². The zero-order valence-corrected chi connectivity index (χ0v) is 13.3. The third-order valence-electron chi connectivity index (χ3n) is 3.65. The van der Waals surface area contributed by atoms with Gasteiger partial charge in [0.1, 0.15) is 17.3 Å². The summed E-state index contributed by atoms with van der Waals surface area (Å²) in [5.41, 5.74) is 1.85. The fraction of sp³-hybridized carbons (Fsp3) is 0.200. The second-order valence-corrected chi connectivity index (χ2v) is 5.33. The fourth-order valence-corrected chi connectivity index (χ4v) is 2.53. The number of fused-ring (bicyclic) bond motifs is 3. The molecule has 0 saturated heterocycles. The lowest BCUT2D eigenvalue weighted by Crippen LogP contribution is -2.06.